The van der Waals surface area contributed by atoms with E-state index in [1.165, 1.54) is 36.5 Å². The lowest BCUT2D eigenvalue weighted by Crippen LogP contribution is -2.47. The number of nitrogens with one attached hydrogen (secondary N) is 1. The summed E-state index contributed by atoms with van der Waals surface area (Å²) in [5.74, 6) is 0.988. The normalized spacial score (nSPS) is 17.5. The molecular formula is C17H22BrN3. The van der Waals surface area contributed by atoms with Crippen molar-refractivity contribution in [2.24, 2.45) is 0 Å². The molecule has 3 nitrogen and oxygen atoms in total. The van der Waals surface area contributed by atoms with E-state index in [0.717, 1.165) is 16.8 Å². The highest BCUT2D eigenvalue weighted by molar-refractivity contribution is 9.10. The zero-order valence-corrected chi connectivity index (χ0v) is 14.3. The minimum atomic E-state index is 0.274. The van der Waals surface area contributed by atoms with Crippen molar-refractivity contribution in [2.45, 2.75) is 31.2 Å². The number of halogens is 1. The van der Waals surface area contributed by atoms with Crippen LogP contribution in [0.25, 0.3) is 10.8 Å². The van der Waals surface area contributed by atoms with E-state index in [-0.39, 0.29) is 5.54 Å². The smallest absolute Gasteiger partial charge is 0.133 e. The van der Waals surface area contributed by atoms with Gasteiger partial charge in [0.2, 0.25) is 0 Å². The molecule has 0 saturated heterocycles. The molecular weight excluding hydrogens is 326 g/mol. The average molecular weight is 348 g/mol. The van der Waals surface area contributed by atoms with Gasteiger partial charge in [0.1, 0.15) is 5.82 Å². The number of hydrogen-bond acceptors (Lipinski definition) is 3. The largest absolute Gasteiger partial charge is 0.368 e. The monoisotopic (exact) mass is 347 g/mol. The molecule has 0 amide bonds. The van der Waals surface area contributed by atoms with Crippen LogP contribution in [-0.4, -0.2) is 36.1 Å². The van der Waals surface area contributed by atoms with Gasteiger partial charge < -0.3 is 10.2 Å². The molecule has 1 heterocycles. The second-order valence-corrected chi connectivity index (χ2v) is 7.03. The summed E-state index contributed by atoms with van der Waals surface area (Å²) < 4.78 is 1.12. The molecule has 2 aromatic rings. The van der Waals surface area contributed by atoms with E-state index in [0.29, 0.717) is 0 Å². The molecule has 1 fully saturated rings. The maximum Gasteiger partial charge on any atom is 0.133 e. The number of benzene rings is 1. The first-order valence-electron chi connectivity index (χ1n) is 7.57. The van der Waals surface area contributed by atoms with Crippen LogP contribution in [0.1, 0.15) is 25.7 Å². The van der Waals surface area contributed by atoms with Crippen molar-refractivity contribution in [3.05, 3.63) is 34.9 Å². The second kappa shape index (κ2) is 5.93. The third-order valence-corrected chi connectivity index (χ3v) is 5.51. The molecule has 1 N–H and O–H groups in total. The first kappa shape index (κ1) is 14.8. The topological polar surface area (TPSA) is 28.2 Å². The number of rotatable bonds is 4. The number of likely N-dealkylation sites (N-methyl/N-ethyl adjacent to an activating group) is 1. The number of hydrogen-bond donors (Lipinski definition) is 1. The number of fused-ring (bicyclic) bond motifs is 1. The molecule has 0 aliphatic heterocycles. The third-order valence-electron chi connectivity index (χ3n) is 4.82. The van der Waals surface area contributed by atoms with Crippen LogP contribution in [0.3, 0.4) is 0 Å². The van der Waals surface area contributed by atoms with Crippen LogP contribution < -0.4 is 5.32 Å². The number of nitrogens with zero attached hydrogens (tertiary/aromatic N) is 2. The summed E-state index contributed by atoms with van der Waals surface area (Å²) in [5, 5.41) is 5.99. The number of anilines is 1. The fraction of sp³-hybridized carbons (Fsp3) is 0.471. The molecule has 0 bridgehead atoms. The van der Waals surface area contributed by atoms with E-state index in [2.05, 4.69) is 69.5 Å². The Morgan fingerprint density at radius 3 is 2.67 bits per heavy atom. The van der Waals surface area contributed by atoms with Crippen LogP contribution in [0.4, 0.5) is 5.82 Å². The number of pyridine rings is 1. The highest BCUT2D eigenvalue weighted by atomic mass is 79.9. The lowest BCUT2D eigenvalue weighted by atomic mass is 9.96. The van der Waals surface area contributed by atoms with Gasteiger partial charge in [0.15, 0.2) is 0 Å². The first-order chi connectivity index (χ1) is 10.1. The summed E-state index contributed by atoms with van der Waals surface area (Å²) in [5.41, 5.74) is 0.274. The van der Waals surface area contributed by atoms with Crippen LogP contribution in [0.5, 0.6) is 0 Å². The van der Waals surface area contributed by atoms with E-state index in [9.17, 15) is 0 Å². The summed E-state index contributed by atoms with van der Waals surface area (Å²) in [6.45, 7) is 0.957. The summed E-state index contributed by atoms with van der Waals surface area (Å²) >= 11 is 3.62. The van der Waals surface area contributed by atoms with Gasteiger partial charge >= 0.3 is 0 Å². The maximum atomic E-state index is 4.55. The second-order valence-electron chi connectivity index (χ2n) is 6.17. The summed E-state index contributed by atoms with van der Waals surface area (Å²) in [7, 11) is 4.39. The lowest BCUT2D eigenvalue weighted by Gasteiger charge is -2.36. The number of aromatic nitrogens is 1. The Balaban J connectivity index is 1.87. The van der Waals surface area contributed by atoms with E-state index in [1.54, 1.807) is 0 Å². The van der Waals surface area contributed by atoms with Gasteiger partial charge in [-0.2, -0.15) is 0 Å². The molecule has 112 valence electrons. The third kappa shape index (κ3) is 2.79. The molecule has 4 heteroatoms. The molecule has 1 saturated carbocycles. The molecule has 1 aromatic carbocycles. The van der Waals surface area contributed by atoms with Gasteiger partial charge in [0.25, 0.3) is 0 Å². The molecule has 0 unspecified atom stereocenters. The minimum Gasteiger partial charge on any atom is -0.368 e. The predicted molar refractivity (Wildman–Crippen MR) is 92.8 cm³/mol. The van der Waals surface area contributed by atoms with Gasteiger partial charge in [-0.05, 0) is 39.1 Å². The first-order valence-corrected chi connectivity index (χ1v) is 8.36. The molecule has 1 aliphatic carbocycles. The van der Waals surface area contributed by atoms with Crippen molar-refractivity contribution in [3.8, 4) is 0 Å². The molecule has 1 aliphatic rings. The quantitative estimate of drug-likeness (QED) is 0.894. The van der Waals surface area contributed by atoms with Gasteiger partial charge in [-0.1, -0.05) is 40.9 Å². The molecule has 21 heavy (non-hydrogen) atoms. The predicted octanol–water partition coefficient (Wildman–Crippen LogP) is 4.28. The lowest BCUT2D eigenvalue weighted by molar-refractivity contribution is 0.172. The Morgan fingerprint density at radius 2 is 1.95 bits per heavy atom. The van der Waals surface area contributed by atoms with Crippen molar-refractivity contribution < 1.29 is 0 Å². The Morgan fingerprint density at radius 1 is 1.19 bits per heavy atom. The standard InChI is InChI=1S/C17H22BrN3/c1-21(2)17(9-3-4-10-17)12-20-16-14-6-5-7-15(18)13(14)8-11-19-16/h5-8,11H,3-4,9-10,12H2,1-2H3,(H,19,20). The summed E-state index contributed by atoms with van der Waals surface area (Å²) in [6, 6.07) is 8.33. The van der Waals surface area contributed by atoms with Gasteiger partial charge in [-0.25, -0.2) is 4.98 Å². The summed E-state index contributed by atoms with van der Waals surface area (Å²) in [6.07, 6.45) is 7.07. The van der Waals surface area contributed by atoms with E-state index in [4.69, 9.17) is 0 Å². The maximum absolute atomic E-state index is 4.55. The minimum absolute atomic E-state index is 0.274. The van der Waals surface area contributed by atoms with Crippen molar-refractivity contribution in [2.75, 3.05) is 26.0 Å². The zero-order chi connectivity index (χ0) is 14.9. The van der Waals surface area contributed by atoms with Crippen molar-refractivity contribution in [1.82, 2.24) is 9.88 Å². The Labute approximate surface area is 134 Å². The Kier molecular flexibility index (Phi) is 4.18. The van der Waals surface area contributed by atoms with Crippen molar-refractivity contribution >= 4 is 32.5 Å². The van der Waals surface area contributed by atoms with Crippen LogP contribution in [0.2, 0.25) is 0 Å². The molecule has 0 spiro atoms. The van der Waals surface area contributed by atoms with E-state index < -0.39 is 0 Å². The summed E-state index contributed by atoms with van der Waals surface area (Å²) in [4.78, 5) is 6.93. The van der Waals surface area contributed by atoms with E-state index >= 15 is 0 Å². The molecule has 3 rings (SSSR count). The average Bonchev–Trinajstić information content (AvgIpc) is 2.96. The highest BCUT2D eigenvalue weighted by Crippen LogP contribution is 2.34. The van der Waals surface area contributed by atoms with Gasteiger partial charge in [-0.3, -0.25) is 0 Å². The Bertz CT molecular complexity index is 633. The van der Waals surface area contributed by atoms with Crippen molar-refractivity contribution in [1.29, 1.82) is 0 Å². The fourth-order valence-electron chi connectivity index (χ4n) is 3.37. The zero-order valence-electron chi connectivity index (χ0n) is 12.7. The molecule has 0 atom stereocenters. The van der Waals surface area contributed by atoms with Crippen molar-refractivity contribution in [3.63, 3.8) is 0 Å². The van der Waals surface area contributed by atoms with Crippen LogP contribution in [0.15, 0.2) is 34.9 Å². The molecule has 0 radical (unpaired) electrons. The van der Waals surface area contributed by atoms with Gasteiger partial charge in [0.05, 0.1) is 0 Å². The van der Waals surface area contributed by atoms with E-state index in [1.807, 2.05) is 6.20 Å². The Hall–Kier alpha value is -1.13. The highest BCUT2D eigenvalue weighted by Gasteiger charge is 2.35. The fourth-order valence-corrected chi connectivity index (χ4v) is 3.87. The SMILES string of the molecule is CN(C)C1(CNc2nccc3c(Br)cccc23)CCCC1. The van der Waals surface area contributed by atoms with Gasteiger partial charge in [0, 0.05) is 33.5 Å². The van der Waals surface area contributed by atoms with Gasteiger partial charge in [-0.15, -0.1) is 0 Å². The van der Waals surface area contributed by atoms with Crippen LogP contribution in [0, 0.1) is 0 Å². The van der Waals surface area contributed by atoms with Crippen LogP contribution >= 0.6 is 15.9 Å². The van der Waals surface area contributed by atoms with Crippen LogP contribution in [-0.2, 0) is 0 Å². The molecule has 1 aromatic heterocycles.